The molecule has 0 aliphatic rings. The van der Waals surface area contributed by atoms with E-state index in [1.807, 2.05) is 18.2 Å². The van der Waals surface area contributed by atoms with E-state index in [1.165, 1.54) is 24.0 Å². The van der Waals surface area contributed by atoms with Crippen molar-refractivity contribution in [2.75, 3.05) is 10.6 Å². The summed E-state index contributed by atoms with van der Waals surface area (Å²) in [6.45, 7) is 2.07. The highest BCUT2D eigenvalue weighted by molar-refractivity contribution is 5.58. The molecule has 0 aliphatic heterocycles. The molecule has 0 amide bonds. The summed E-state index contributed by atoms with van der Waals surface area (Å²) in [6, 6.07) is 18.3. The van der Waals surface area contributed by atoms with Gasteiger partial charge in [-0.1, -0.05) is 36.4 Å². The summed E-state index contributed by atoms with van der Waals surface area (Å²) in [6.07, 6.45) is 1.47. The zero-order valence-corrected chi connectivity index (χ0v) is 12.7. The fourth-order valence-electron chi connectivity index (χ4n) is 2.27. The highest BCUT2D eigenvalue weighted by Gasteiger charge is 2.06. The average molecular weight is 308 g/mol. The summed E-state index contributed by atoms with van der Waals surface area (Å²) >= 11 is 0. The molecule has 3 rings (SSSR count). The van der Waals surface area contributed by atoms with Gasteiger partial charge in [-0.05, 0) is 30.7 Å². The maximum Gasteiger partial charge on any atom is 0.135 e. The summed E-state index contributed by atoms with van der Waals surface area (Å²) in [7, 11) is 0. The van der Waals surface area contributed by atoms with Gasteiger partial charge in [0, 0.05) is 17.8 Å². The molecule has 0 aliphatic carbocycles. The van der Waals surface area contributed by atoms with E-state index in [4.69, 9.17) is 0 Å². The van der Waals surface area contributed by atoms with Crippen molar-refractivity contribution in [3.63, 3.8) is 0 Å². The second kappa shape index (κ2) is 6.87. The van der Waals surface area contributed by atoms with E-state index in [2.05, 4.69) is 39.7 Å². The summed E-state index contributed by atoms with van der Waals surface area (Å²) in [5, 5.41) is 6.40. The van der Waals surface area contributed by atoms with E-state index in [-0.39, 0.29) is 11.9 Å². The Balaban J connectivity index is 1.72. The number of nitrogens with one attached hydrogen (secondary N) is 2. The fourth-order valence-corrected chi connectivity index (χ4v) is 2.27. The lowest BCUT2D eigenvalue weighted by Gasteiger charge is -2.15. The summed E-state index contributed by atoms with van der Waals surface area (Å²) < 4.78 is 13.2. The van der Waals surface area contributed by atoms with Gasteiger partial charge in [0.15, 0.2) is 0 Å². The van der Waals surface area contributed by atoms with E-state index in [0.717, 1.165) is 0 Å². The monoisotopic (exact) mass is 308 g/mol. The van der Waals surface area contributed by atoms with Crippen LogP contribution in [0.1, 0.15) is 18.5 Å². The molecule has 0 radical (unpaired) electrons. The number of hydrogen-bond acceptors (Lipinski definition) is 4. The van der Waals surface area contributed by atoms with Crippen LogP contribution in [0.5, 0.6) is 0 Å². The molecule has 1 heterocycles. The predicted octanol–water partition coefficient (Wildman–Crippen LogP) is 4.53. The summed E-state index contributed by atoms with van der Waals surface area (Å²) in [5.41, 5.74) is 1.82. The normalized spacial score (nSPS) is 11.7. The van der Waals surface area contributed by atoms with Gasteiger partial charge in [-0.15, -0.1) is 0 Å². The van der Waals surface area contributed by atoms with Crippen molar-refractivity contribution >= 4 is 17.3 Å². The maximum atomic E-state index is 13.2. The molecule has 1 atom stereocenters. The van der Waals surface area contributed by atoms with Crippen LogP contribution < -0.4 is 10.6 Å². The lowest BCUT2D eigenvalue weighted by Crippen LogP contribution is -2.08. The first-order valence-corrected chi connectivity index (χ1v) is 7.37. The molecule has 3 aromatic rings. The van der Waals surface area contributed by atoms with Gasteiger partial charge >= 0.3 is 0 Å². The number of halogens is 1. The van der Waals surface area contributed by atoms with Crippen molar-refractivity contribution in [2.24, 2.45) is 0 Å². The molecule has 5 heteroatoms. The highest BCUT2D eigenvalue weighted by atomic mass is 19.1. The highest BCUT2D eigenvalue weighted by Crippen LogP contribution is 2.20. The van der Waals surface area contributed by atoms with E-state index in [1.54, 1.807) is 18.2 Å². The zero-order chi connectivity index (χ0) is 16.1. The third-order valence-corrected chi connectivity index (χ3v) is 3.43. The first kappa shape index (κ1) is 15.0. The standard InChI is InChI=1S/C18H17FN4/c1-13(14-6-3-2-4-7-14)22-17-11-18(21-12-20-17)23-16-9-5-8-15(19)10-16/h2-13H,1H3,(H2,20,21,22,23). The van der Waals surface area contributed by atoms with Crippen molar-refractivity contribution in [3.05, 3.63) is 78.4 Å². The Morgan fingerprint density at radius 3 is 2.48 bits per heavy atom. The molecule has 0 saturated heterocycles. The number of aromatic nitrogens is 2. The Bertz CT molecular complexity index is 777. The van der Waals surface area contributed by atoms with E-state index in [0.29, 0.717) is 17.3 Å². The first-order valence-electron chi connectivity index (χ1n) is 7.37. The van der Waals surface area contributed by atoms with Crippen LogP contribution >= 0.6 is 0 Å². The third kappa shape index (κ3) is 4.03. The summed E-state index contributed by atoms with van der Waals surface area (Å²) in [4.78, 5) is 8.39. The molecule has 1 unspecified atom stereocenters. The van der Waals surface area contributed by atoms with E-state index < -0.39 is 0 Å². The Labute approximate surface area is 134 Å². The van der Waals surface area contributed by atoms with E-state index >= 15 is 0 Å². The Kier molecular flexibility index (Phi) is 4.47. The molecular weight excluding hydrogens is 291 g/mol. The second-order valence-corrected chi connectivity index (χ2v) is 5.20. The van der Waals surface area contributed by atoms with Crippen molar-refractivity contribution < 1.29 is 4.39 Å². The van der Waals surface area contributed by atoms with Gasteiger partial charge in [-0.25, -0.2) is 14.4 Å². The number of nitrogens with zero attached hydrogens (tertiary/aromatic N) is 2. The quantitative estimate of drug-likeness (QED) is 0.727. The van der Waals surface area contributed by atoms with Gasteiger partial charge < -0.3 is 10.6 Å². The van der Waals surface area contributed by atoms with Crippen molar-refractivity contribution in [3.8, 4) is 0 Å². The average Bonchev–Trinajstić information content (AvgIpc) is 2.56. The second-order valence-electron chi connectivity index (χ2n) is 5.20. The van der Waals surface area contributed by atoms with E-state index in [9.17, 15) is 4.39 Å². The molecule has 0 bridgehead atoms. The molecular formula is C18H17FN4. The van der Waals surface area contributed by atoms with Gasteiger partial charge in [0.05, 0.1) is 0 Å². The number of hydrogen-bond donors (Lipinski definition) is 2. The predicted molar refractivity (Wildman–Crippen MR) is 90.2 cm³/mol. The summed E-state index contributed by atoms with van der Waals surface area (Å²) in [5.74, 6) is 1.02. The first-order chi connectivity index (χ1) is 11.2. The molecule has 1 aromatic heterocycles. The van der Waals surface area contributed by atoms with Crippen LogP contribution in [-0.2, 0) is 0 Å². The largest absolute Gasteiger partial charge is 0.363 e. The van der Waals surface area contributed by atoms with Crippen molar-refractivity contribution in [2.45, 2.75) is 13.0 Å². The minimum Gasteiger partial charge on any atom is -0.363 e. The lowest BCUT2D eigenvalue weighted by atomic mass is 10.1. The fraction of sp³-hybridized carbons (Fsp3) is 0.111. The maximum absolute atomic E-state index is 13.2. The number of benzene rings is 2. The number of anilines is 3. The van der Waals surface area contributed by atoms with Crippen molar-refractivity contribution in [1.29, 1.82) is 0 Å². The van der Waals surface area contributed by atoms with Crippen LogP contribution in [-0.4, -0.2) is 9.97 Å². The van der Waals surface area contributed by atoms with Gasteiger partial charge in [0.25, 0.3) is 0 Å². The van der Waals surface area contributed by atoms with Crippen LogP contribution in [0.25, 0.3) is 0 Å². The van der Waals surface area contributed by atoms with Gasteiger partial charge in [-0.3, -0.25) is 0 Å². The molecule has 116 valence electrons. The molecule has 0 fully saturated rings. The Hall–Kier alpha value is -2.95. The van der Waals surface area contributed by atoms with Crippen LogP contribution in [0.4, 0.5) is 21.7 Å². The smallest absolute Gasteiger partial charge is 0.135 e. The molecule has 0 saturated carbocycles. The minimum absolute atomic E-state index is 0.119. The third-order valence-electron chi connectivity index (χ3n) is 3.43. The molecule has 0 spiro atoms. The Morgan fingerprint density at radius 1 is 0.913 bits per heavy atom. The van der Waals surface area contributed by atoms with Gasteiger partial charge in [-0.2, -0.15) is 0 Å². The van der Waals surface area contributed by atoms with Crippen LogP contribution in [0.2, 0.25) is 0 Å². The minimum atomic E-state index is -0.292. The molecule has 23 heavy (non-hydrogen) atoms. The lowest BCUT2D eigenvalue weighted by molar-refractivity contribution is 0.628. The number of rotatable bonds is 5. The molecule has 2 N–H and O–H groups in total. The SMILES string of the molecule is CC(Nc1cc(Nc2cccc(F)c2)ncn1)c1ccccc1. The van der Waals surface area contributed by atoms with Crippen LogP contribution in [0.3, 0.4) is 0 Å². The molecule has 4 nitrogen and oxygen atoms in total. The van der Waals surface area contributed by atoms with Gasteiger partial charge in [0.2, 0.25) is 0 Å². The Morgan fingerprint density at radius 2 is 1.70 bits per heavy atom. The topological polar surface area (TPSA) is 49.8 Å². The van der Waals surface area contributed by atoms with Crippen LogP contribution in [0.15, 0.2) is 67.0 Å². The molecule has 2 aromatic carbocycles. The van der Waals surface area contributed by atoms with Crippen molar-refractivity contribution in [1.82, 2.24) is 9.97 Å². The van der Waals surface area contributed by atoms with Crippen LogP contribution in [0, 0.1) is 5.82 Å². The van der Waals surface area contributed by atoms with Gasteiger partial charge in [0.1, 0.15) is 23.8 Å². The zero-order valence-electron chi connectivity index (χ0n) is 12.7.